The minimum Gasteiger partial charge on any atom is -0.604 e. The van der Waals surface area contributed by atoms with Gasteiger partial charge in [-0.1, -0.05) is 23.2 Å². The van der Waals surface area contributed by atoms with Gasteiger partial charge >= 0.3 is 11.7 Å². The van der Waals surface area contributed by atoms with E-state index in [1.807, 2.05) is 0 Å². The SMILES string of the molecule is CNc1[nH]nc(-c2c(Cl)cc(C(F)(F)F)c(C#N)c2Cl)c1[S+]([O-])C(F)(F)F. The van der Waals surface area contributed by atoms with Crippen molar-refractivity contribution in [2.75, 3.05) is 12.4 Å². The largest absolute Gasteiger partial charge is 0.604 e. The van der Waals surface area contributed by atoms with E-state index in [0.29, 0.717) is 6.07 Å². The number of halogens is 8. The summed E-state index contributed by atoms with van der Waals surface area (Å²) in [5, 5.41) is 15.4. The first-order chi connectivity index (χ1) is 12.3. The van der Waals surface area contributed by atoms with Gasteiger partial charge in [0.05, 0.1) is 21.2 Å². The van der Waals surface area contributed by atoms with Gasteiger partial charge in [-0.25, -0.2) is 0 Å². The maximum Gasteiger partial charge on any atom is 0.578 e. The molecule has 1 heterocycles. The first-order valence-electron chi connectivity index (χ1n) is 6.58. The van der Waals surface area contributed by atoms with Crippen LogP contribution in [0, 0.1) is 11.3 Å². The molecule has 0 aliphatic rings. The smallest absolute Gasteiger partial charge is 0.578 e. The van der Waals surface area contributed by atoms with Crippen LogP contribution in [-0.4, -0.2) is 27.3 Å². The molecule has 0 radical (unpaired) electrons. The molecule has 0 saturated heterocycles. The van der Waals surface area contributed by atoms with Crippen molar-refractivity contribution in [1.29, 1.82) is 5.26 Å². The lowest BCUT2D eigenvalue weighted by atomic mass is 10.0. The first-order valence-corrected chi connectivity index (χ1v) is 8.49. The first kappa shape index (κ1) is 21.5. The van der Waals surface area contributed by atoms with Gasteiger partial charge in [0.2, 0.25) is 4.90 Å². The summed E-state index contributed by atoms with van der Waals surface area (Å²) in [6, 6.07) is 1.59. The second kappa shape index (κ2) is 7.31. The topological polar surface area (TPSA) is 87.6 Å². The zero-order valence-corrected chi connectivity index (χ0v) is 15.1. The molecule has 0 spiro atoms. The molecule has 0 aliphatic heterocycles. The van der Waals surface area contributed by atoms with Crippen molar-refractivity contribution in [3.8, 4) is 17.3 Å². The highest BCUT2D eigenvalue weighted by molar-refractivity contribution is 7.92. The number of nitriles is 1. The van der Waals surface area contributed by atoms with Crippen molar-refractivity contribution < 1.29 is 30.9 Å². The number of hydrogen-bond acceptors (Lipinski definition) is 4. The third-order valence-electron chi connectivity index (χ3n) is 3.24. The van der Waals surface area contributed by atoms with Gasteiger partial charge in [0.1, 0.15) is 17.2 Å². The van der Waals surface area contributed by atoms with Crippen molar-refractivity contribution in [3.05, 3.63) is 27.2 Å². The van der Waals surface area contributed by atoms with E-state index in [9.17, 15) is 30.9 Å². The van der Waals surface area contributed by atoms with E-state index in [2.05, 4.69) is 15.5 Å². The number of alkyl halides is 6. The van der Waals surface area contributed by atoms with Crippen LogP contribution in [0.5, 0.6) is 0 Å². The Labute approximate surface area is 160 Å². The predicted octanol–water partition coefficient (Wildman–Crippen LogP) is 4.94. The lowest BCUT2D eigenvalue weighted by Crippen LogP contribution is -2.24. The normalized spacial score (nSPS) is 13.4. The Morgan fingerprint density at radius 3 is 2.30 bits per heavy atom. The molecule has 2 N–H and O–H groups in total. The quantitative estimate of drug-likeness (QED) is 0.511. The molecule has 0 amide bonds. The predicted molar refractivity (Wildman–Crippen MR) is 85.8 cm³/mol. The lowest BCUT2D eigenvalue weighted by molar-refractivity contribution is -0.137. The minimum absolute atomic E-state index is 0.343. The maximum atomic E-state index is 13.1. The second-order valence-corrected chi connectivity index (χ2v) is 7.01. The lowest BCUT2D eigenvalue weighted by Gasteiger charge is -2.16. The Hall–Kier alpha value is -1.81. The van der Waals surface area contributed by atoms with E-state index in [4.69, 9.17) is 28.5 Å². The van der Waals surface area contributed by atoms with E-state index >= 15 is 0 Å². The Morgan fingerprint density at radius 2 is 1.85 bits per heavy atom. The number of aromatic amines is 1. The molecule has 0 fully saturated rings. The summed E-state index contributed by atoms with van der Waals surface area (Å²) >= 11 is 8.02. The number of H-pyrrole nitrogens is 1. The summed E-state index contributed by atoms with van der Waals surface area (Å²) in [5.41, 5.74) is -9.01. The van der Waals surface area contributed by atoms with Gasteiger partial charge in [0.25, 0.3) is 0 Å². The molecule has 1 aromatic carbocycles. The highest BCUT2D eigenvalue weighted by atomic mass is 35.5. The van der Waals surface area contributed by atoms with Crippen LogP contribution in [0.1, 0.15) is 11.1 Å². The molecule has 0 saturated carbocycles. The fraction of sp³-hybridized carbons (Fsp3) is 0.231. The number of hydrogen-bond donors (Lipinski definition) is 2. The van der Waals surface area contributed by atoms with E-state index in [-0.39, 0.29) is 0 Å². The summed E-state index contributed by atoms with van der Waals surface area (Å²) in [6.45, 7) is 0. The molecule has 5 nitrogen and oxygen atoms in total. The van der Waals surface area contributed by atoms with Crippen molar-refractivity contribution in [2.45, 2.75) is 16.6 Å². The Balaban J connectivity index is 2.86. The molecule has 2 rings (SSSR count). The average molecular weight is 451 g/mol. The maximum absolute atomic E-state index is 13.1. The van der Waals surface area contributed by atoms with Crippen molar-refractivity contribution in [3.63, 3.8) is 0 Å². The fourth-order valence-electron chi connectivity index (χ4n) is 2.14. The fourth-order valence-corrected chi connectivity index (χ4v) is 3.70. The van der Waals surface area contributed by atoms with Crippen LogP contribution in [0.3, 0.4) is 0 Å². The molecule has 27 heavy (non-hydrogen) atoms. The van der Waals surface area contributed by atoms with E-state index in [1.54, 1.807) is 0 Å². The number of nitrogens with zero attached hydrogens (tertiary/aromatic N) is 2. The molecule has 0 aliphatic carbocycles. The van der Waals surface area contributed by atoms with Crippen LogP contribution < -0.4 is 5.32 Å². The third kappa shape index (κ3) is 3.91. The van der Waals surface area contributed by atoms with Crippen LogP contribution in [0.15, 0.2) is 11.0 Å². The van der Waals surface area contributed by atoms with Gasteiger partial charge in [0, 0.05) is 12.6 Å². The highest BCUT2D eigenvalue weighted by Crippen LogP contribution is 2.47. The van der Waals surface area contributed by atoms with Crippen molar-refractivity contribution in [2.24, 2.45) is 0 Å². The Morgan fingerprint density at radius 1 is 1.26 bits per heavy atom. The number of anilines is 1. The second-order valence-electron chi connectivity index (χ2n) is 4.82. The molecule has 14 heteroatoms. The van der Waals surface area contributed by atoms with Crippen LogP contribution >= 0.6 is 23.2 Å². The van der Waals surface area contributed by atoms with Gasteiger partial charge in [-0.05, 0) is 6.07 Å². The van der Waals surface area contributed by atoms with Gasteiger partial charge in [-0.15, -0.1) is 13.2 Å². The van der Waals surface area contributed by atoms with Crippen molar-refractivity contribution >= 4 is 40.2 Å². The summed E-state index contributed by atoms with van der Waals surface area (Å²) in [6.07, 6.45) is -4.99. The zero-order chi connectivity index (χ0) is 20.7. The molecule has 1 aromatic heterocycles. The van der Waals surface area contributed by atoms with Gasteiger partial charge in [0.15, 0.2) is 11.5 Å². The summed E-state index contributed by atoms with van der Waals surface area (Å²) in [5.74, 6) is -0.411. The van der Waals surface area contributed by atoms with Crippen LogP contribution in [0.25, 0.3) is 11.3 Å². The van der Waals surface area contributed by atoms with Crippen molar-refractivity contribution in [1.82, 2.24) is 10.2 Å². The molecule has 146 valence electrons. The van der Waals surface area contributed by atoms with Crippen LogP contribution in [0.2, 0.25) is 10.0 Å². The average Bonchev–Trinajstić information content (AvgIpc) is 2.95. The molecular formula is C13H6Cl2F6N4OS. The number of benzene rings is 1. The third-order valence-corrected chi connectivity index (χ3v) is 5.10. The minimum atomic E-state index is -5.20. The summed E-state index contributed by atoms with van der Waals surface area (Å²) < 4.78 is 89.9. The molecule has 1 atom stereocenters. The monoisotopic (exact) mass is 450 g/mol. The Bertz CT molecular complexity index is 921. The van der Waals surface area contributed by atoms with Gasteiger partial charge in [-0.2, -0.15) is 23.5 Å². The van der Waals surface area contributed by atoms with Crippen LogP contribution in [0.4, 0.5) is 32.2 Å². The summed E-state index contributed by atoms with van der Waals surface area (Å²) in [7, 11) is 1.20. The molecular weight excluding hydrogens is 445 g/mol. The Kier molecular flexibility index (Phi) is 5.82. The number of aromatic nitrogens is 2. The van der Waals surface area contributed by atoms with E-state index in [0.717, 1.165) is 0 Å². The standard InChI is InChI=1S/C13H6Cl2F6N4OS/c1-23-11-10(27(26)13(19,20)21)9(24-25-11)7-6(14)2-5(12(16,17)18)4(3-22)8(7)15/h2H,1H3,(H2,23,24,25). The number of rotatable bonds is 3. The zero-order valence-electron chi connectivity index (χ0n) is 12.8. The van der Waals surface area contributed by atoms with Crippen LogP contribution in [-0.2, 0) is 17.4 Å². The highest BCUT2D eigenvalue weighted by Gasteiger charge is 2.50. The van der Waals surface area contributed by atoms with Gasteiger partial charge in [-0.3, -0.25) is 5.10 Å². The summed E-state index contributed by atoms with van der Waals surface area (Å²) in [4.78, 5) is -0.919. The molecule has 1 unspecified atom stereocenters. The number of nitrogens with one attached hydrogen (secondary N) is 2. The van der Waals surface area contributed by atoms with Gasteiger partial charge < -0.3 is 9.87 Å². The van der Waals surface area contributed by atoms with E-state index in [1.165, 1.54) is 13.1 Å². The van der Waals surface area contributed by atoms with E-state index < -0.39 is 66.0 Å². The molecule has 0 bridgehead atoms. The molecule has 2 aromatic rings.